The van der Waals surface area contributed by atoms with E-state index < -0.39 is 24.3 Å². The van der Waals surface area contributed by atoms with Gasteiger partial charge < -0.3 is 19.8 Å². The average Bonchev–Trinajstić information content (AvgIpc) is 3.43. The van der Waals surface area contributed by atoms with Crippen LogP contribution in [-0.2, 0) is 16.1 Å². The highest BCUT2D eigenvalue weighted by atomic mass is 19.4. The number of hydrogen-bond acceptors (Lipinski definition) is 8. The van der Waals surface area contributed by atoms with Gasteiger partial charge in [0.1, 0.15) is 5.75 Å². The van der Waals surface area contributed by atoms with Gasteiger partial charge in [0.05, 0.1) is 19.0 Å². The predicted molar refractivity (Wildman–Crippen MR) is 144 cm³/mol. The molecule has 0 bridgehead atoms. The zero-order valence-corrected chi connectivity index (χ0v) is 23.0. The van der Waals surface area contributed by atoms with Gasteiger partial charge in [0.15, 0.2) is 11.5 Å². The molecule has 0 spiro atoms. The largest absolute Gasteiger partial charge is 0.497 e. The van der Waals surface area contributed by atoms with Gasteiger partial charge in [-0.25, -0.2) is 19.6 Å². The number of carbonyl (C=O) groups is 2. The molecule has 1 aliphatic heterocycles. The van der Waals surface area contributed by atoms with E-state index in [4.69, 9.17) is 24.5 Å². The van der Waals surface area contributed by atoms with Gasteiger partial charge in [-0.05, 0) is 29.8 Å². The van der Waals surface area contributed by atoms with E-state index in [0.717, 1.165) is 61.2 Å². The van der Waals surface area contributed by atoms with Gasteiger partial charge in [-0.15, -0.1) is 0 Å². The van der Waals surface area contributed by atoms with Gasteiger partial charge >= 0.3 is 24.3 Å². The van der Waals surface area contributed by atoms with Gasteiger partial charge in [-0.2, -0.15) is 26.3 Å². The van der Waals surface area contributed by atoms with E-state index in [1.807, 2.05) is 42.9 Å². The summed E-state index contributed by atoms with van der Waals surface area (Å²) in [7, 11) is 1.70. The van der Waals surface area contributed by atoms with Crippen molar-refractivity contribution in [3.63, 3.8) is 0 Å². The average molecular weight is 629 g/mol. The van der Waals surface area contributed by atoms with Crippen LogP contribution in [0.25, 0.3) is 16.9 Å². The summed E-state index contributed by atoms with van der Waals surface area (Å²) in [6, 6.07) is 12.3. The molecule has 1 aliphatic rings. The molecule has 1 fully saturated rings. The molecule has 4 aromatic rings. The van der Waals surface area contributed by atoms with Crippen molar-refractivity contribution in [3.8, 4) is 17.0 Å². The first-order chi connectivity index (χ1) is 20.7. The van der Waals surface area contributed by atoms with Crippen LogP contribution in [0.15, 0.2) is 67.4 Å². The van der Waals surface area contributed by atoms with Crippen LogP contribution in [0.3, 0.4) is 0 Å². The molecule has 0 unspecified atom stereocenters. The predicted octanol–water partition coefficient (Wildman–Crippen LogP) is 4.39. The molecule has 0 aliphatic carbocycles. The quantitative estimate of drug-likeness (QED) is 0.307. The summed E-state index contributed by atoms with van der Waals surface area (Å²) >= 11 is 0. The number of benzene rings is 1. The molecule has 1 aromatic carbocycles. The van der Waals surface area contributed by atoms with E-state index in [0.29, 0.717) is 0 Å². The Morgan fingerprint density at radius 2 is 1.39 bits per heavy atom. The van der Waals surface area contributed by atoms with Gasteiger partial charge in [-0.1, -0.05) is 12.1 Å². The highest BCUT2D eigenvalue weighted by Gasteiger charge is 2.38. The molecule has 2 N–H and O–H groups in total. The van der Waals surface area contributed by atoms with E-state index in [-0.39, 0.29) is 0 Å². The molecule has 0 radical (unpaired) electrons. The maximum atomic E-state index is 10.6. The summed E-state index contributed by atoms with van der Waals surface area (Å²) in [5, 5.41) is 14.2. The number of pyridine rings is 1. The number of alkyl halides is 6. The van der Waals surface area contributed by atoms with Gasteiger partial charge in [-0.3, -0.25) is 14.3 Å². The first-order valence-corrected chi connectivity index (χ1v) is 12.6. The van der Waals surface area contributed by atoms with Gasteiger partial charge in [0.2, 0.25) is 0 Å². The number of imidazole rings is 1. The first-order valence-electron chi connectivity index (χ1n) is 12.6. The van der Waals surface area contributed by atoms with Crippen LogP contribution in [0.4, 0.5) is 32.2 Å². The smallest absolute Gasteiger partial charge is 0.490 e. The maximum Gasteiger partial charge on any atom is 0.490 e. The second-order valence-corrected chi connectivity index (χ2v) is 9.04. The Labute approximate surface area is 246 Å². The van der Waals surface area contributed by atoms with Crippen LogP contribution >= 0.6 is 0 Å². The molecule has 236 valence electrons. The lowest BCUT2D eigenvalue weighted by atomic mass is 10.2. The Hall–Kier alpha value is -4.93. The summed E-state index contributed by atoms with van der Waals surface area (Å²) in [5.41, 5.74) is 4.35. The highest BCUT2D eigenvalue weighted by Crippen LogP contribution is 2.26. The Kier molecular flexibility index (Phi) is 11.1. The van der Waals surface area contributed by atoms with E-state index in [1.54, 1.807) is 19.5 Å². The van der Waals surface area contributed by atoms with Crippen molar-refractivity contribution in [1.82, 2.24) is 24.3 Å². The Morgan fingerprint density at radius 3 is 1.89 bits per heavy atom. The minimum absolute atomic E-state index is 0.896. The third kappa shape index (κ3) is 9.29. The number of fused-ring (bicyclic) bond motifs is 1. The van der Waals surface area contributed by atoms with Crippen molar-refractivity contribution in [3.05, 3.63) is 72.9 Å². The number of carboxylic acids is 2. The first kappa shape index (κ1) is 33.6. The second kappa shape index (κ2) is 14.5. The zero-order valence-electron chi connectivity index (χ0n) is 23.0. The fraction of sp³-hybridized carbons (Fsp3) is 0.296. The normalized spacial score (nSPS) is 13.8. The third-order valence-corrected chi connectivity index (χ3v) is 6.11. The standard InChI is InChI=1S/C23H24N6O.2C2HF3O2/c1-30-20-4-2-18(3-5-20)17-27-12-14-28(15-13-27)22-23-26-16-21(29(23)11-10-25-22)19-6-8-24-9-7-19;2*3-2(4,5)1(6)7/h2-11,16H,12-15,17H2,1H3;2*(H,6,7). The molecule has 5 rings (SSSR count). The van der Waals surface area contributed by atoms with Crippen LogP contribution in [-0.4, -0.2) is 92.0 Å². The monoisotopic (exact) mass is 628 g/mol. The summed E-state index contributed by atoms with van der Waals surface area (Å²) in [6.07, 6.45) is -0.812. The molecule has 0 atom stereocenters. The summed E-state index contributed by atoms with van der Waals surface area (Å²) in [4.78, 5) is 36.1. The Bertz CT molecular complexity index is 1500. The topological polar surface area (TPSA) is 133 Å². The van der Waals surface area contributed by atoms with E-state index in [1.165, 1.54) is 5.56 Å². The molecule has 3 aromatic heterocycles. The van der Waals surface area contributed by atoms with Crippen LogP contribution in [0.1, 0.15) is 5.56 Å². The number of piperazine rings is 1. The van der Waals surface area contributed by atoms with Crippen molar-refractivity contribution in [2.75, 3.05) is 38.2 Å². The minimum Gasteiger partial charge on any atom is -0.497 e. The second-order valence-electron chi connectivity index (χ2n) is 9.04. The number of halogens is 6. The van der Waals surface area contributed by atoms with Crippen LogP contribution in [0.2, 0.25) is 0 Å². The fourth-order valence-electron chi connectivity index (χ4n) is 3.97. The molecule has 0 saturated carbocycles. The van der Waals surface area contributed by atoms with Gasteiger partial charge in [0, 0.05) is 63.1 Å². The number of nitrogens with zero attached hydrogens (tertiary/aromatic N) is 6. The highest BCUT2D eigenvalue weighted by molar-refractivity contribution is 5.73. The number of aromatic nitrogens is 4. The van der Waals surface area contributed by atoms with Crippen molar-refractivity contribution < 1.29 is 50.9 Å². The number of carboxylic acid groups (broad SMARTS) is 2. The van der Waals surface area contributed by atoms with Crippen LogP contribution < -0.4 is 9.64 Å². The molecule has 44 heavy (non-hydrogen) atoms. The number of rotatable bonds is 5. The van der Waals surface area contributed by atoms with E-state index in [9.17, 15) is 26.3 Å². The number of methoxy groups -OCH3 is 1. The molecule has 0 amide bonds. The van der Waals surface area contributed by atoms with Crippen molar-refractivity contribution in [2.45, 2.75) is 18.9 Å². The van der Waals surface area contributed by atoms with E-state index in [2.05, 4.69) is 41.3 Å². The summed E-state index contributed by atoms with van der Waals surface area (Å²) in [6.45, 7) is 4.80. The fourth-order valence-corrected chi connectivity index (χ4v) is 3.97. The Balaban J connectivity index is 0.000000317. The Morgan fingerprint density at radius 1 is 0.841 bits per heavy atom. The van der Waals surface area contributed by atoms with Gasteiger partial charge in [0.25, 0.3) is 0 Å². The molecular weight excluding hydrogens is 602 g/mol. The third-order valence-electron chi connectivity index (χ3n) is 6.11. The number of ether oxygens (including phenoxy) is 1. The molecule has 1 saturated heterocycles. The summed E-state index contributed by atoms with van der Waals surface area (Å²) < 4.78 is 70.8. The van der Waals surface area contributed by atoms with E-state index >= 15 is 0 Å². The SMILES string of the molecule is COc1ccc(CN2CCN(c3nccn4c(-c5ccncc5)cnc34)CC2)cc1.O=C(O)C(F)(F)F.O=C(O)C(F)(F)F. The van der Waals surface area contributed by atoms with Crippen molar-refractivity contribution in [1.29, 1.82) is 0 Å². The van der Waals surface area contributed by atoms with Crippen LogP contribution in [0.5, 0.6) is 5.75 Å². The lowest BCUT2D eigenvalue weighted by molar-refractivity contribution is -0.193. The number of hydrogen-bond donors (Lipinski definition) is 2. The molecule has 17 heteroatoms. The maximum absolute atomic E-state index is 10.6. The lowest BCUT2D eigenvalue weighted by Crippen LogP contribution is -2.46. The summed E-state index contributed by atoms with van der Waals surface area (Å²) in [5.74, 6) is -3.67. The minimum atomic E-state index is -5.08. The van der Waals surface area contributed by atoms with Crippen molar-refractivity contribution in [2.24, 2.45) is 0 Å². The number of aliphatic carboxylic acids is 2. The molecule has 4 heterocycles. The molecular formula is C27H26F6N6O5. The van der Waals surface area contributed by atoms with Crippen molar-refractivity contribution >= 4 is 23.4 Å². The van der Waals surface area contributed by atoms with Crippen LogP contribution in [0, 0.1) is 0 Å². The lowest BCUT2D eigenvalue weighted by Gasteiger charge is -2.35. The zero-order chi connectivity index (χ0) is 32.5. The number of anilines is 1. The molecule has 11 nitrogen and oxygen atoms in total.